The number of piperidine rings is 1. The van der Waals surface area contributed by atoms with Crippen LogP contribution in [-0.4, -0.2) is 36.9 Å². The second-order valence-electron chi connectivity index (χ2n) is 7.91. The lowest BCUT2D eigenvalue weighted by Gasteiger charge is -2.33. The van der Waals surface area contributed by atoms with Gasteiger partial charge in [-0.2, -0.15) is 0 Å². The van der Waals surface area contributed by atoms with Crippen LogP contribution in [0.2, 0.25) is 5.02 Å². The largest absolute Gasteiger partial charge is 0.495 e. The normalized spacial score (nSPS) is 16.1. The molecule has 1 aliphatic rings. The van der Waals surface area contributed by atoms with Gasteiger partial charge in [-0.25, -0.2) is 4.39 Å². The number of likely N-dealkylation sites (tertiary alicyclic amines) is 1. The molecule has 0 unspecified atom stereocenters. The Hall–Kier alpha value is -2.60. The molecule has 1 N–H and O–H groups in total. The quantitative estimate of drug-likeness (QED) is 0.615. The predicted molar refractivity (Wildman–Crippen MR) is 120 cm³/mol. The van der Waals surface area contributed by atoms with Gasteiger partial charge in [0.2, 0.25) is 11.8 Å². The molecule has 1 saturated heterocycles. The van der Waals surface area contributed by atoms with Crippen LogP contribution in [-0.2, 0) is 16.0 Å². The van der Waals surface area contributed by atoms with Gasteiger partial charge in [-0.3, -0.25) is 9.59 Å². The fourth-order valence-electron chi connectivity index (χ4n) is 3.93. The van der Waals surface area contributed by atoms with Crippen LogP contribution in [0.1, 0.15) is 37.7 Å². The fourth-order valence-corrected chi connectivity index (χ4v) is 4.19. The maximum atomic E-state index is 13.3. The lowest BCUT2D eigenvalue weighted by Crippen LogP contribution is -2.40. The smallest absolute Gasteiger partial charge is 0.224 e. The molecular weight excluding hydrogens is 419 g/mol. The van der Waals surface area contributed by atoms with Crippen molar-refractivity contribution in [3.8, 4) is 5.75 Å². The van der Waals surface area contributed by atoms with E-state index in [-0.39, 0.29) is 17.6 Å². The van der Waals surface area contributed by atoms with Crippen LogP contribution in [0.3, 0.4) is 0 Å². The third-order valence-electron chi connectivity index (χ3n) is 5.60. The molecule has 7 heteroatoms. The van der Waals surface area contributed by atoms with Gasteiger partial charge in [0.25, 0.3) is 0 Å². The van der Waals surface area contributed by atoms with Crippen molar-refractivity contribution in [1.82, 2.24) is 4.90 Å². The van der Waals surface area contributed by atoms with Crippen molar-refractivity contribution < 1.29 is 18.7 Å². The maximum Gasteiger partial charge on any atom is 0.224 e. The summed E-state index contributed by atoms with van der Waals surface area (Å²) >= 11 is 6.10. The van der Waals surface area contributed by atoms with Gasteiger partial charge < -0.3 is 15.0 Å². The van der Waals surface area contributed by atoms with Gasteiger partial charge in [-0.05, 0) is 67.5 Å². The van der Waals surface area contributed by atoms with Gasteiger partial charge in [-0.15, -0.1) is 0 Å². The number of carbonyl (C=O) groups is 2. The number of methoxy groups -OCH3 is 1. The van der Waals surface area contributed by atoms with Crippen molar-refractivity contribution in [1.29, 1.82) is 0 Å². The second-order valence-corrected chi connectivity index (χ2v) is 8.32. The first-order valence-corrected chi connectivity index (χ1v) is 11.0. The Kier molecular flexibility index (Phi) is 8.29. The molecule has 0 spiro atoms. The van der Waals surface area contributed by atoms with Crippen LogP contribution in [0.15, 0.2) is 42.5 Å². The number of anilines is 1. The molecule has 2 aromatic carbocycles. The number of carbonyl (C=O) groups excluding carboxylic acids is 2. The van der Waals surface area contributed by atoms with Crippen molar-refractivity contribution >= 4 is 29.1 Å². The molecule has 1 fully saturated rings. The third-order valence-corrected chi connectivity index (χ3v) is 5.90. The molecule has 0 bridgehead atoms. The van der Waals surface area contributed by atoms with Crippen LogP contribution in [0.5, 0.6) is 5.75 Å². The Labute approximate surface area is 187 Å². The molecule has 0 aromatic heterocycles. The molecule has 166 valence electrons. The van der Waals surface area contributed by atoms with E-state index in [2.05, 4.69) is 5.32 Å². The average Bonchev–Trinajstić information content (AvgIpc) is 2.76. The van der Waals surface area contributed by atoms with Crippen molar-refractivity contribution in [3.05, 3.63) is 58.9 Å². The molecule has 31 heavy (non-hydrogen) atoms. The molecule has 2 aromatic rings. The predicted octanol–water partition coefficient (Wildman–Crippen LogP) is 5.08. The Morgan fingerprint density at radius 3 is 2.81 bits per heavy atom. The molecule has 5 nitrogen and oxygen atoms in total. The first kappa shape index (κ1) is 23.1. The van der Waals surface area contributed by atoms with E-state index in [1.165, 1.54) is 12.1 Å². The van der Waals surface area contributed by atoms with Gasteiger partial charge in [0.1, 0.15) is 11.6 Å². The van der Waals surface area contributed by atoms with E-state index in [0.29, 0.717) is 48.2 Å². The summed E-state index contributed by atoms with van der Waals surface area (Å²) < 4.78 is 18.4. The summed E-state index contributed by atoms with van der Waals surface area (Å²) in [4.78, 5) is 26.8. The Balaban J connectivity index is 1.43. The lowest BCUT2D eigenvalue weighted by molar-refractivity contribution is -0.133. The zero-order valence-electron chi connectivity index (χ0n) is 17.7. The standard InChI is InChI=1S/C24H28ClFN2O3/c1-31-22-10-9-20(15-21(22)25)27-23(29)11-7-18-5-3-13-28(16-18)24(30)12-8-17-4-2-6-19(26)14-17/h2,4,6,9-10,14-15,18H,3,5,7-8,11-13,16H2,1H3,(H,27,29)/t18-/m1/s1. The minimum absolute atomic E-state index is 0.0733. The number of amides is 2. The molecule has 0 radical (unpaired) electrons. The maximum absolute atomic E-state index is 13.3. The number of hydrogen-bond acceptors (Lipinski definition) is 3. The number of ether oxygens (including phenoxy) is 1. The van der Waals surface area contributed by atoms with Crippen LogP contribution in [0, 0.1) is 11.7 Å². The number of nitrogens with zero attached hydrogens (tertiary/aromatic N) is 1. The number of benzene rings is 2. The molecule has 3 rings (SSSR count). The van der Waals surface area contributed by atoms with E-state index in [1.54, 1.807) is 31.4 Å². The van der Waals surface area contributed by atoms with E-state index in [1.807, 2.05) is 11.0 Å². The topological polar surface area (TPSA) is 58.6 Å². The van der Waals surface area contributed by atoms with E-state index in [0.717, 1.165) is 31.4 Å². The summed E-state index contributed by atoms with van der Waals surface area (Å²) in [5.74, 6) is 0.598. The number of halogens is 2. The van der Waals surface area contributed by atoms with Crippen LogP contribution in [0.4, 0.5) is 10.1 Å². The number of hydrogen-bond donors (Lipinski definition) is 1. The zero-order chi connectivity index (χ0) is 22.2. The second kappa shape index (κ2) is 11.1. The highest BCUT2D eigenvalue weighted by atomic mass is 35.5. The zero-order valence-corrected chi connectivity index (χ0v) is 18.5. The number of nitrogens with one attached hydrogen (secondary N) is 1. The van der Waals surface area contributed by atoms with E-state index < -0.39 is 0 Å². The molecule has 1 heterocycles. The molecule has 0 aliphatic carbocycles. The SMILES string of the molecule is COc1ccc(NC(=O)CC[C@H]2CCCN(C(=O)CCc3cccc(F)c3)C2)cc1Cl. The molecular formula is C24H28ClFN2O3. The highest BCUT2D eigenvalue weighted by Gasteiger charge is 2.24. The summed E-state index contributed by atoms with van der Waals surface area (Å²) in [5, 5.41) is 3.30. The van der Waals surface area contributed by atoms with Gasteiger partial charge in [0, 0.05) is 31.6 Å². The summed E-state index contributed by atoms with van der Waals surface area (Å²) in [7, 11) is 1.54. The third kappa shape index (κ3) is 6.96. The van der Waals surface area contributed by atoms with Crippen LogP contribution < -0.4 is 10.1 Å². The lowest BCUT2D eigenvalue weighted by atomic mass is 9.93. The highest BCUT2D eigenvalue weighted by molar-refractivity contribution is 6.32. The molecule has 1 aliphatic heterocycles. The van der Waals surface area contributed by atoms with E-state index in [9.17, 15) is 14.0 Å². The van der Waals surface area contributed by atoms with Crippen LogP contribution >= 0.6 is 11.6 Å². The monoisotopic (exact) mass is 446 g/mol. The van der Waals surface area contributed by atoms with E-state index in [4.69, 9.17) is 16.3 Å². The fraction of sp³-hybridized carbons (Fsp3) is 0.417. The van der Waals surface area contributed by atoms with Crippen molar-refractivity contribution in [2.45, 2.75) is 38.5 Å². The average molecular weight is 447 g/mol. The molecule has 1 atom stereocenters. The van der Waals surface area contributed by atoms with Gasteiger partial charge in [0.15, 0.2) is 0 Å². The Bertz CT molecular complexity index is 921. The Morgan fingerprint density at radius 2 is 2.06 bits per heavy atom. The van der Waals surface area contributed by atoms with Crippen molar-refractivity contribution in [3.63, 3.8) is 0 Å². The summed E-state index contributed by atoms with van der Waals surface area (Å²) in [5.41, 5.74) is 1.46. The summed E-state index contributed by atoms with van der Waals surface area (Å²) in [6.07, 6.45) is 3.96. The van der Waals surface area contributed by atoms with Gasteiger partial charge in [0.05, 0.1) is 12.1 Å². The molecule has 2 amide bonds. The van der Waals surface area contributed by atoms with Crippen molar-refractivity contribution in [2.24, 2.45) is 5.92 Å². The van der Waals surface area contributed by atoms with E-state index >= 15 is 0 Å². The number of rotatable bonds is 8. The Morgan fingerprint density at radius 1 is 1.23 bits per heavy atom. The van der Waals surface area contributed by atoms with Gasteiger partial charge >= 0.3 is 0 Å². The van der Waals surface area contributed by atoms with Crippen LogP contribution in [0.25, 0.3) is 0 Å². The van der Waals surface area contributed by atoms with Crippen molar-refractivity contribution in [2.75, 3.05) is 25.5 Å². The first-order valence-electron chi connectivity index (χ1n) is 10.6. The summed E-state index contributed by atoms with van der Waals surface area (Å²) in [6, 6.07) is 11.5. The minimum Gasteiger partial charge on any atom is -0.495 e. The highest BCUT2D eigenvalue weighted by Crippen LogP contribution is 2.27. The van der Waals surface area contributed by atoms with Gasteiger partial charge in [-0.1, -0.05) is 23.7 Å². The number of aryl methyl sites for hydroxylation is 1. The summed E-state index contributed by atoms with van der Waals surface area (Å²) in [6.45, 7) is 1.42. The minimum atomic E-state index is -0.279. The first-order chi connectivity index (χ1) is 14.9. The molecule has 0 saturated carbocycles.